The smallest absolute Gasteiger partial charge is 1.00 e. The summed E-state index contributed by atoms with van der Waals surface area (Å²) in [5.74, 6) is -3.50. The Bertz CT molecular complexity index is 234. The van der Waals surface area contributed by atoms with Crippen molar-refractivity contribution in [2.75, 3.05) is 0 Å². The molecule has 0 radical (unpaired) electrons. The Hall–Kier alpha value is -1.11. The standard InChI is InChI=1S/C4H4O4.C3H4O2.Na.H/c5-3(6)1-2-4(7)8;1-2-3(4)5;;/h1-2H,(H,5,6)(H,7,8);2H,1H2,(H,4,5);;/q;;+1;-1. The van der Waals surface area contributed by atoms with Gasteiger partial charge in [0, 0.05) is 18.2 Å². The van der Waals surface area contributed by atoms with Crippen molar-refractivity contribution in [1.82, 2.24) is 0 Å². The second kappa shape index (κ2) is 11.9. The quantitative estimate of drug-likeness (QED) is 0.341. The van der Waals surface area contributed by atoms with Crippen molar-refractivity contribution in [2.24, 2.45) is 0 Å². The topological polar surface area (TPSA) is 112 Å². The molecule has 0 saturated heterocycles. The molecule has 14 heavy (non-hydrogen) atoms. The maximum Gasteiger partial charge on any atom is 1.00 e. The van der Waals surface area contributed by atoms with Crippen LogP contribution in [0.4, 0.5) is 0 Å². The fourth-order valence-corrected chi connectivity index (χ4v) is 0.143. The van der Waals surface area contributed by atoms with Crippen molar-refractivity contribution >= 4 is 17.9 Å². The van der Waals surface area contributed by atoms with Crippen LogP contribution in [-0.2, 0) is 14.4 Å². The zero-order valence-electron chi connectivity index (χ0n) is 8.51. The summed E-state index contributed by atoms with van der Waals surface area (Å²) in [5, 5.41) is 23.2. The van der Waals surface area contributed by atoms with Crippen molar-refractivity contribution in [3.05, 3.63) is 24.8 Å². The van der Waals surface area contributed by atoms with Crippen LogP contribution in [0.1, 0.15) is 1.43 Å². The van der Waals surface area contributed by atoms with E-state index in [9.17, 15) is 14.4 Å². The first-order chi connectivity index (χ1) is 5.90. The Morgan fingerprint density at radius 2 is 1.14 bits per heavy atom. The Morgan fingerprint density at radius 1 is 0.929 bits per heavy atom. The molecule has 0 aliphatic heterocycles. The summed E-state index contributed by atoms with van der Waals surface area (Å²) < 4.78 is 0. The molecule has 0 fully saturated rings. The van der Waals surface area contributed by atoms with Gasteiger partial charge in [-0.3, -0.25) is 0 Å². The van der Waals surface area contributed by atoms with Crippen LogP contribution in [-0.4, -0.2) is 33.2 Å². The van der Waals surface area contributed by atoms with E-state index in [-0.39, 0.29) is 31.0 Å². The van der Waals surface area contributed by atoms with Gasteiger partial charge < -0.3 is 16.7 Å². The van der Waals surface area contributed by atoms with E-state index in [1.54, 1.807) is 0 Å². The van der Waals surface area contributed by atoms with Crippen LogP contribution in [0.3, 0.4) is 0 Å². The average Bonchev–Trinajstić information content (AvgIpc) is 2.02. The van der Waals surface area contributed by atoms with Gasteiger partial charge in [-0.1, -0.05) is 6.58 Å². The molecule has 0 aromatic heterocycles. The van der Waals surface area contributed by atoms with E-state index < -0.39 is 17.9 Å². The molecule has 0 amide bonds. The molecule has 0 aromatic carbocycles. The average molecular weight is 212 g/mol. The van der Waals surface area contributed by atoms with E-state index >= 15 is 0 Å². The Kier molecular flexibility index (Phi) is 15.8. The number of rotatable bonds is 3. The fraction of sp³-hybridized carbons (Fsp3) is 0. The Balaban J connectivity index is -0.0000000770. The van der Waals surface area contributed by atoms with Gasteiger partial charge in [-0.05, 0) is 0 Å². The molecule has 0 unspecified atom stereocenters. The number of carbonyl (C=O) groups is 3. The molecule has 6 nitrogen and oxygen atoms in total. The number of carboxylic acid groups (broad SMARTS) is 3. The second-order valence-electron chi connectivity index (χ2n) is 1.55. The van der Waals surface area contributed by atoms with Crippen LogP contribution < -0.4 is 29.6 Å². The van der Waals surface area contributed by atoms with Crippen molar-refractivity contribution in [2.45, 2.75) is 0 Å². The molecule has 74 valence electrons. The molecule has 0 spiro atoms. The van der Waals surface area contributed by atoms with Gasteiger partial charge in [-0.25, -0.2) is 14.4 Å². The number of hydrogen-bond donors (Lipinski definition) is 3. The molecule has 0 atom stereocenters. The summed E-state index contributed by atoms with van der Waals surface area (Å²) >= 11 is 0. The zero-order valence-corrected chi connectivity index (χ0v) is 9.51. The Labute approximate surface area is 103 Å². The van der Waals surface area contributed by atoms with Crippen LogP contribution in [0.2, 0.25) is 0 Å². The maximum absolute atomic E-state index is 9.55. The molecular formula is C7H9NaO6. The van der Waals surface area contributed by atoms with E-state index in [2.05, 4.69) is 6.58 Å². The summed E-state index contributed by atoms with van der Waals surface area (Å²) in [6.45, 7) is 2.96. The third-order valence-electron chi connectivity index (χ3n) is 0.543. The minimum Gasteiger partial charge on any atom is -1.00 e. The maximum atomic E-state index is 9.55. The minimum atomic E-state index is -1.26. The second-order valence-corrected chi connectivity index (χ2v) is 1.55. The van der Waals surface area contributed by atoms with Gasteiger partial charge in [-0.15, -0.1) is 0 Å². The van der Waals surface area contributed by atoms with E-state index in [4.69, 9.17) is 15.3 Å². The minimum absolute atomic E-state index is 0. The van der Waals surface area contributed by atoms with Crippen LogP contribution in [0.5, 0.6) is 0 Å². The van der Waals surface area contributed by atoms with Gasteiger partial charge in [0.15, 0.2) is 0 Å². The molecule has 0 aromatic rings. The van der Waals surface area contributed by atoms with E-state index in [1.165, 1.54) is 0 Å². The monoisotopic (exact) mass is 212 g/mol. The largest absolute Gasteiger partial charge is 1.00 e. The van der Waals surface area contributed by atoms with Crippen molar-refractivity contribution in [3.63, 3.8) is 0 Å². The molecule has 0 heterocycles. The molecular weight excluding hydrogens is 203 g/mol. The van der Waals surface area contributed by atoms with Crippen LogP contribution >= 0.6 is 0 Å². The number of hydrogen-bond acceptors (Lipinski definition) is 3. The SMILES string of the molecule is C=CC(=O)O.O=C(O)C=CC(=O)O.[H-].[Na+]. The molecule has 0 aliphatic carbocycles. The van der Waals surface area contributed by atoms with Crippen LogP contribution in [0.15, 0.2) is 24.8 Å². The summed E-state index contributed by atoms with van der Waals surface area (Å²) in [5.41, 5.74) is 0. The summed E-state index contributed by atoms with van der Waals surface area (Å²) in [7, 11) is 0. The summed E-state index contributed by atoms with van der Waals surface area (Å²) in [6.07, 6.45) is 1.95. The predicted molar refractivity (Wildman–Crippen MR) is 43.4 cm³/mol. The van der Waals surface area contributed by atoms with Crippen molar-refractivity contribution < 1.29 is 60.7 Å². The molecule has 7 heteroatoms. The fourth-order valence-electron chi connectivity index (χ4n) is 0.143. The van der Waals surface area contributed by atoms with Gasteiger partial charge in [0.1, 0.15) is 0 Å². The van der Waals surface area contributed by atoms with E-state index in [0.29, 0.717) is 12.2 Å². The van der Waals surface area contributed by atoms with Gasteiger partial charge in [-0.2, -0.15) is 0 Å². The first kappa shape index (κ1) is 18.6. The normalized spacial score (nSPS) is 7.71. The van der Waals surface area contributed by atoms with Gasteiger partial charge in [0.2, 0.25) is 0 Å². The van der Waals surface area contributed by atoms with Crippen LogP contribution in [0, 0.1) is 0 Å². The molecule has 0 bridgehead atoms. The van der Waals surface area contributed by atoms with Gasteiger partial charge in [0.25, 0.3) is 0 Å². The zero-order chi connectivity index (χ0) is 10.9. The first-order valence-electron chi connectivity index (χ1n) is 2.89. The Morgan fingerprint density at radius 3 is 1.21 bits per heavy atom. The van der Waals surface area contributed by atoms with Gasteiger partial charge >= 0.3 is 47.5 Å². The van der Waals surface area contributed by atoms with E-state index in [1.807, 2.05) is 0 Å². The van der Waals surface area contributed by atoms with Crippen LogP contribution in [0.25, 0.3) is 0 Å². The number of aliphatic carboxylic acids is 3. The molecule has 0 rings (SSSR count). The predicted octanol–water partition coefficient (Wildman–Crippen LogP) is -2.91. The van der Waals surface area contributed by atoms with E-state index in [0.717, 1.165) is 6.08 Å². The molecule has 0 saturated carbocycles. The molecule has 0 aliphatic rings. The summed E-state index contributed by atoms with van der Waals surface area (Å²) in [6, 6.07) is 0. The first-order valence-corrected chi connectivity index (χ1v) is 2.89. The molecule has 3 N–H and O–H groups in total. The third-order valence-corrected chi connectivity index (χ3v) is 0.543. The van der Waals surface area contributed by atoms with Crippen molar-refractivity contribution in [1.29, 1.82) is 0 Å². The third kappa shape index (κ3) is 30.7. The summed E-state index contributed by atoms with van der Waals surface area (Å²) in [4.78, 5) is 28.4. The van der Waals surface area contributed by atoms with Gasteiger partial charge in [0.05, 0.1) is 0 Å². The number of carboxylic acids is 3. The van der Waals surface area contributed by atoms with Crippen molar-refractivity contribution in [3.8, 4) is 0 Å².